The molecule has 0 aromatic heterocycles. The third kappa shape index (κ3) is 9.05. The molecule has 0 amide bonds. The molecule has 0 rings (SSSR count). The number of nitrogens with zero attached hydrogens (tertiary/aromatic N) is 1. The van der Waals surface area contributed by atoms with Crippen molar-refractivity contribution in [3.05, 3.63) is 48.2 Å². The molecule has 0 N–H and O–H groups in total. The van der Waals surface area contributed by atoms with Crippen molar-refractivity contribution in [3.63, 3.8) is 0 Å². The highest BCUT2D eigenvalue weighted by molar-refractivity contribution is 6.25. The lowest BCUT2D eigenvalue weighted by Crippen LogP contribution is -1.99. The minimum absolute atomic E-state index is 1.47. The monoisotopic (exact) mass is 183 g/mol. The van der Waals surface area contributed by atoms with Crippen LogP contribution in [0.25, 0.3) is 0 Å². The maximum absolute atomic E-state index is 5.31. The van der Waals surface area contributed by atoms with Crippen molar-refractivity contribution in [1.29, 1.82) is 0 Å². The van der Waals surface area contributed by atoms with Crippen LogP contribution in [-0.2, 0) is 0 Å². The zero-order chi connectivity index (χ0) is 9.23. The van der Waals surface area contributed by atoms with E-state index >= 15 is 0 Å². The molecule has 0 saturated heterocycles. The van der Waals surface area contributed by atoms with Gasteiger partial charge >= 0.3 is 0 Å². The molecule has 0 bridgehead atoms. The number of hydrogen-bond donors (Lipinski definition) is 0. The van der Waals surface area contributed by atoms with Gasteiger partial charge in [0.25, 0.3) is 0 Å². The zero-order valence-corrected chi connectivity index (χ0v) is 8.20. The highest BCUT2D eigenvalue weighted by Gasteiger charge is 1.69. The Kier molecular flexibility index (Phi) is 7.50. The van der Waals surface area contributed by atoms with Crippen LogP contribution in [0.4, 0.5) is 0 Å². The first-order valence-corrected chi connectivity index (χ1v) is 4.14. The average Bonchev–Trinajstić information content (AvgIpc) is 2.02. The summed E-state index contributed by atoms with van der Waals surface area (Å²) in [6, 6.07) is 0. The van der Waals surface area contributed by atoms with Crippen molar-refractivity contribution in [2.24, 2.45) is 0 Å². The van der Waals surface area contributed by atoms with E-state index in [2.05, 4.69) is 0 Å². The summed E-state index contributed by atoms with van der Waals surface area (Å²) >= 11 is 5.31. The molecule has 0 aliphatic heterocycles. The fourth-order valence-corrected chi connectivity index (χ4v) is 0.604. The third-order valence-corrected chi connectivity index (χ3v) is 1.16. The maximum Gasteiger partial charge on any atom is 0.00556 e. The van der Waals surface area contributed by atoms with E-state index in [0.29, 0.717) is 0 Å². The first-order valence-electron chi connectivity index (χ1n) is 3.70. The summed E-state index contributed by atoms with van der Waals surface area (Å²) in [5.41, 5.74) is 1.47. The largest absolute Gasteiger partial charge is 0.383 e. The van der Waals surface area contributed by atoms with Crippen LogP contribution in [0, 0.1) is 0 Å². The first kappa shape index (κ1) is 11.1. The summed E-state index contributed by atoms with van der Waals surface area (Å²) in [7, 11) is 3.97. The Morgan fingerprint density at radius 2 is 1.33 bits per heavy atom. The molecule has 66 valence electrons. The average molecular weight is 184 g/mol. The Morgan fingerprint density at radius 3 is 1.83 bits per heavy atom. The molecule has 0 spiro atoms. The molecule has 0 atom stereocenters. The van der Waals surface area contributed by atoms with Gasteiger partial charge in [0.1, 0.15) is 0 Å². The molecule has 0 unspecified atom stereocenters. The maximum atomic E-state index is 5.31. The lowest BCUT2D eigenvalue weighted by Gasteiger charge is -2.00. The van der Waals surface area contributed by atoms with Crippen molar-refractivity contribution in [1.82, 2.24) is 4.90 Å². The van der Waals surface area contributed by atoms with Gasteiger partial charge in [0.2, 0.25) is 0 Å². The summed E-state index contributed by atoms with van der Waals surface area (Å²) in [6.07, 6.45) is 13.4. The third-order valence-electron chi connectivity index (χ3n) is 1.01. The minimum atomic E-state index is 1.47. The van der Waals surface area contributed by atoms with Gasteiger partial charge in [-0.15, -0.1) is 0 Å². The van der Waals surface area contributed by atoms with Crippen molar-refractivity contribution in [2.45, 2.75) is 0 Å². The fourth-order valence-electron chi connectivity index (χ4n) is 0.520. The molecule has 0 heterocycles. The molecule has 12 heavy (non-hydrogen) atoms. The van der Waals surface area contributed by atoms with Crippen LogP contribution in [-0.4, -0.2) is 19.0 Å². The molecule has 0 saturated carbocycles. The molecule has 0 radical (unpaired) electrons. The molecule has 0 aliphatic carbocycles. The van der Waals surface area contributed by atoms with Gasteiger partial charge in [-0.3, -0.25) is 0 Å². The van der Waals surface area contributed by atoms with Crippen molar-refractivity contribution in [3.8, 4) is 0 Å². The molecule has 0 aromatic carbocycles. The van der Waals surface area contributed by atoms with Gasteiger partial charge < -0.3 is 4.90 Å². The van der Waals surface area contributed by atoms with Crippen molar-refractivity contribution < 1.29 is 0 Å². The van der Waals surface area contributed by atoms with Crippen LogP contribution < -0.4 is 0 Å². The second kappa shape index (κ2) is 8.15. The number of rotatable bonds is 4. The summed E-state index contributed by atoms with van der Waals surface area (Å²) in [4.78, 5) is 1.98. The normalized spacial score (nSPS) is 12.9. The lowest BCUT2D eigenvalue weighted by atomic mass is 10.4. The number of hydrogen-bond acceptors (Lipinski definition) is 1. The van der Waals surface area contributed by atoms with Crippen LogP contribution in [0.2, 0.25) is 0 Å². The Morgan fingerprint density at radius 1 is 0.833 bits per heavy atom. The number of halogens is 1. The van der Waals surface area contributed by atoms with Gasteiger partial charge in [0.05, 0.1) is 0 Å². The molecule has 0 fully saturated rings. The summed E-state index contributed by atoms with van der Waals surface area (Å²) in [5, 5.41) is 0. The predicted octanol–water partition coefficient (Wildman–Crippen LogP) is 2.93. The quantitative estimate of drug-likeness (QED) is 0.606. The summed E-state index contributed by atoms with van der Waals surface area (Å²) in [6.45, 7) is 0. The second-order valence-corrected chi connectivity index (χ2v) is 2.65. The Bertz CT molecular complexity index is 200. The highest BCUT2D eigenvalue weighted by Crippen LogP contribution is 1.84. The van der Waals surface area contributed by atoms with E-state index in [1.807, 2.05) is 55.6 Å². The summed E-state index contributed by atoms with van der Waals surface area (Å²) < 4.78 is 0. The van der Waals surface area contributed by atoms with Crippen LogP contribution in [0.5, 0.6) is 0 Å². The zero-order valence-electron chi connectivity index (χ0n) is 7.44. The van der Waals surface area contributed by atoms with E-state index in [0.717, 1.165) is 0 Å². The van der Waals surface area contributed by atoms with Gasteiger partial charge in [0, 0.05) is 19.6 Å². The summed E-state index contributed by atoms with van der Waals surface area (Å²) in [5.74, 6) is 0. The molecular formula is C10H14ClN. The Labute approximate surface area is 79.3 Å². The van der Waals surface area contributed by atoms with E-state index in [1.54, 1.807) is 6.08 Å². The molecular weight excluding hydrogens is 170 g/mol. The van der Waals surface area contributed by atoms with E-state index in [-0.39, 0.29) is 0 Å². The van der Waals surface area contributed by atoms with Gasteiger partial charge in [-0.2, -0.15) is 0 Å². The standard InChI is InChI=1S/C10H14ClN/c1-12(2)10-8-6-4-3-5-7-9-11/h3-10H,1-2H3. The van der Waals surface area contributed by atoms with E-state index < -0.39 is 0 Å². The molecule has 0 aliphatic rings. The molecule has 2 heteroatoms. The van der Waals surface area contributed by atoms with E-state index in [9.17, 15) is 0 Å². The topological polar surface area (TPSA) is 3.24 Å². The van der Waals surface area contributed by atoms with Gasteiger partial charge in [0.15, 0.2) is 0 Å². The van der Waals surface area contributed by atoms with Crippen LogP contribution in [0.1, 0.15) is 0 Å². The predicted molar refractivity (Wildman–Crippen MR) is 56.1 cm³/mol. The lowest BCUT2D eigenvalue weighted by molar-refractivity contribution is 0.564. The van der Waals surface area contributed by atoms with Gasteiger partial charge in [-0.25, -0.2) is 0 Å². The Hall–Kier alpha value is -0.950. The van der Waals surface area contributed by atoms with Crippen LogP contribution in [0.3, 0.4) is 0 Å². The smallest absolute Gasteiger partial charge is 0.00556 e. The second-order valence-electron chi connectivity index (χ2n) is 2.39. The SMILES string of the molecule is CN(C)C=CC=CC=CC=CCl. The van der Waals surface area contributed by atoms with Crippen LogP contribution >= 0.6 is 11.6 Å². The first-order chi connectivity index (χ1) is 5.77. The van der Waals surface area contributed by atoms with Gasteiger partial charge in [-0.1, -0.05) is 42.0 Å². The molecule has 0 aromatic rings. The van der Waals surface area contributed by atoms with E-state index in [4.69, 9.17) is 11.6 Å². The number of allylic oxidation sites excluding steroid dienone is 6. The van der Waals surface area contributed by atoms with Crippen molar-refractivity contribution in [2.75, 3.05) is 14.1 Å². The fraction of sp³-hybridized carbons (Fsp3) is 0.200. The highest BCUT2D eigenvalue weighted by atomic mass is 35.5. The molecule has 1 nitrogen and oxygen atoms in total. The van der Waals surface area contributed by atoms with Crippen molar-refractivity contribution >= 4 is 11.6 Å². The van der Waals surface area contributed by atoms with Crippen LogP contribution in [0.15, 0.2) is 48.2 Å². The minimum Gasteiger partial charge on any atom is -0.383 e. The van der Waals surface area contributed by atoms with E-state index in [1.165, 1.54) is 5.54 Å². The van der Waals surface area contributed by atoms with Gasteiger partial charge in [-0.05, 0) is 12.3 Å². The Balaban J connectivity index is 3.63.